The van der Waals surface area contributed by atoms with Gasteiger partial charge >= 0.3 is 40.2 Å². The zero-order valence-electron chi connectivity index (χ0n) is 9.20. The Kier molecular flexibility index (Phi) is 29.9. The summed E-state index contributed by atoms with van der Waals surface area (Å²) in [5.74, 6) is 0. The second-order valence-corrected chi connectivity index (χ2v) is 3.37. The van der Waals surface area contributed by atoms with Crippen molar-refractivity contribution >= 4 is 15.1 Å². The molecular formula is C4H4BCuF10N4P-2. The van der Waals surface area contributed by atoms with Crippen LogP contribution in [0.25, 0.3) is 0 Å². The van der Waals surface area contributed by atoms with Crippen molar-refractivity contribution in [1.29, 1.82) is 21.0 Å². The van der Waals surface area contributed by atoms with Crippen molar-refractivity contribution < 1.29 is 59.5 Å². The molecule has 0 bridgehead atoms. The van der Waals surface area contributed by atoms with Crippen molar-refractivity contribution in [3.63, 3.8) is 0 Å². The van der Waals surface area contributed by atoms with Crippen molar-refractivity contribution in [2.24, 2.45) is 0 Å². The summed E-state index contributed by atoms with van der Waals surface area (Å²) in [5, 5.41) is 26.0. The molecule has 0 N–H and O–H groups in total. The molecule has 21 heavy (non-hydrogen) atoms. The van der Waals surface area contributed by atoms with Crippen LogP contribution in [0, 0.1) is 47.3 Å². The fourth-order valence-electron chi connectivity index (χ4n) is 0. The van der Waals surface area contributed by atoms with Gasteiger partial charge in [0.15, 0.2) is 0 Å². The van der Waals surface area contributed by atoms with Crippen molar-refractivity contribution in [3.05, 3.63) is 0 Å². The van der Waals surface area contributed by atoms with Crippen molar-refractivity contribution in [3.8, 4) is 26.3 Å². The Morgan fingerprint density at radius 1 is 0.524 bits per heavy atom. The maximum Gasteiger partial charge on any atom is 0 e. The van der Waals surface area contributed by atoms with E-state index in [1.807, 2.05) is 0 Å². The third-order valence-corrected chi connectivity index (χ3v) is 0. The summed E-state index contributed by atoms with van der Waals surface area (Å²) in [7, 11) is -16.7. The first kappa shape index (κ1) is 42.7. The predicted molar refractivity (Wildman–Crippen MR) is 50.4 cm³/mol. The minimum atomic E-state index is -10.7. The molecule has 0 rings (SSSR count). The van der Waals surface area contributed by atoms with Crippen LogP contribution >= 0.6 is 7.81 Å². The van der Waals surface area contributed by atoms with Gasteiger partial charge in [-0.1, -0.05) is 0 Å². The normalized spacial score (nSPS) is 11.0. The van der Waals surface area contributed by atoms with Crippen LogP contribution in [0.15, 0.2) is 0 Å². The largest absolute Gasteiger partial charge is 0 e. The topological polar surface area (TPSA) is 95.2 Å². The van der Waals surface area contributed by atoms with Crippen LogP contribution in [-0.4, -0.2) is 7.25 Å². The van der Waals surface area contributed by atoms with E-state index < -0.39 is 15.1 Å². The molecule has 0 heterocycles. The molecule has 0 aromatic heterocycles. The van der Waals surface area contributed by atoms with Gasteiger partial charge < -0.3 is 17.3 Å². The van der Waals surface area contributed by atoms with Gasteiger partial charge in [-0.2, -0.15) is 0 Å². The third kappa shape index (κ3) is 1630. The number of rotatable bonds is 0. The minimum Gasteiger partial charge on any atom is 0 e. The van der Waals surface area contributed by atoms with E-state index in [1.54, 1.807) is 0 Å². The van der Waals surface area contributed by atoms with E-state index in [0.29, 0.717) is 0 Å². The van der Waals surface area contributed by atoms with Crippen LogP contribution in [0.5, 0.6) is 0 Å². The molecule has 1 radical (unpaired) electrons. The number of nitrogens with zero attached hydrogens (tertiary/aromatic N) is 4. The van der Waals surface area contributed by atoms with E-state index in [1.165, 1.54) is 0 Å². The molecular weight excluding hydrogens is 399 g/mol. The fraction of sp³-hybridized carbons (Fsp3) is 0. The Morgan fingerprint density at radius 3 is 0.524 bits per heavy atom. The Morgan fingerprint density at radius 2 is 0.524 bits per heavy atom. The van der Waals surface area contributed by atoms with E-state index in [9.17, 15) is 42.4 Å². The first-order valence-electron chi connectivity index (χ1n) is 2.92. The maximum absolute atomic E-state index is 10.7. The van der Waals surface area contributed by atoms with Gasteiger partial charge in [0.1, 0.15) is 0 Å². The SMILES string of the molecule is C#N.C#N.C#N.C#N.F[B-](F)(F)F.F[P-](F)(F)(F)(F)F.[Cu]. The smallest absolute Gasteiger partial charge is 0 e. The Bertz CT molecular complexity index is 259. The van der Waals surface area contributed by atoms with Crippen molar-refractivity contribution in [2.45, 2.75) is 0 Å². The number of nitriles is 4. The Hall–Kier alpha value is -1.73. The Labute approximate surface area is 123 Å². The summed E-state index contributed by atoms with van der Waals surface area (Å²) in [6.07, 6.45) is 0. The standard InChI is InChI=1S/4CHN.BF4.Cu.F6P/c4*1-2;2-1(3,4)5;;1-7(2,3,4,5)6/h4*1H;;;/q;;;;-1;;-1. The molecule has 0 atom stereocenters. The van der Waals surface area contributed by atoms with Gasteiger partial charge in [-0.05, 0) is 0 Å². The van der Waals surface area contributed by atoms with Gasteiger partial charge in [0, 0.05) is 43.4 Å². The van der Waals surface area contributed by atoms with Crippen LogP contribution in [0.4, 0.5) is 42.4 Å². The van der Waals surface area contributed by atoms with Gasteiger partial charge in [0.25, 0.3) is 0 Å². The van der Waals surface area contributed by atoms with Gasteiger partial charge in [-0.25, -0.2) is 21.0 Å². The maximum atomic E-state index is 9.87. The average molecular weight is 403 g/mol. The van der Waals surface area contributed by atoms with E-state index in [2.05, 4.69) is 26.3 Å². The van der Waals surface area contributed by atoms with E-state index in [4.69, 9.17) is 21.0 Å². The van der Waals surface area contributed by atoms with Crippen molar-refractivity contribution in [2.75, 3.05) is 0 Å². The van der Waals surface area contributed by atoms with E-state index in [0.717, 1.165) is 0 Å². The molecule has 131 valence electrons. The minimum absolute atomic E-state index is 0. The molecule has 0 aliphatic rings. The van der Waals surface area contributed by atoms with Gasteiger partial charge in [-0.3, -0.25) is 0 Å². The summed E-state index contributed by atoms with van der Waals surface area (Å²) in [6.45, 7) is 14.0. The number of hydrogen-bond acceptors (Lipinski definition) is 4. The quantitative estimate of drug-likeness (QED) is 0.314. The van der Waals surface area contributed by atoms with Crippen LogP contribution in [0.2, 0.25) is 0 Å². The summed E-state index contributed by atoms with van der Waals surface area (Å²) >= 11 is 0. The fourth-order valence-corrected chi connectivity index (χ4v) is 0. The molecule has 0 saturated heterocycles. The third-order valence-electron chi connectivity index (χ3n) is 0. The molecule has 0 amide bonds. The zero-order chi connectivity index (χ0) is 18.9. The molecule has 4 nitrogen and oxygen atoms in total. The Balaban J connectivity index is -0.0000000249. The van der Waals surface area contributed by atoms with Crippen LogP contribution in [-0.2, 0) is 17.1 Å². The molecule has 0 fully saturated rings. The molecule has 17 heteroatoms. The molecule has 0 spiro atoms. The summed E-state index contributed by atoms with van der Waals surface area (Å²) < 4.78 is 98.2. The van der Waals surface area contributed by atoms with Crippen LogP contribution in [0.1, 0.15) is 0 Å². The number of hydrogen-bond donors (Lipinski definition) is 0. The molecule has 0 aromatic carbocycles. The summed E-state index contributed by atoms with van der Waals surface area (Å²) in [5.41, 5.74) is 0. The molecule has 0 saturated carbocycles. The zero-order valence-corrected chi connectivity index (χ0v) is 11.0. The molecule has 0 aliphatic carbocycles. The monoisotopic (exact) mass is 403 g/mol. The number of halogens is 10. The summed E-state index contributed by atoms with van der Waals surface area (Å²) in [4.78, 5) is 0. The van der Waals surface area contributed by atoms with Crippen molar-refractivity contribution in [1.82, 2.24) is 0 Å². The first-order chi connectivity index (χ1) is 8.45. The molecule has 0 unspecified atom stereocenters. The first-order valence-corrected chi connectivity index (χ1v) is 4.95. The van der Waals surface area contributed by atoms with E-state index >= 15 is 0 Å². The van der Waals surface area contributed by atoms with E-state index in [-0.39, 0.29) is 17.1 Å². The summed E-state index contributed by atoms with van der Waals surface area (Å²) in [6, 6.07) is 0. The predicted octanol–water partition coefficient (Wildman–Crippen LogP) is 5.24. The van der Waals surface area contributed by atoms with Crippen LogP contribution in [0.3, 0.4) is 0 Å². The van der Waals surface area contributed by atoms with Gasteiger partial charge in [0.2, 0.25) is 0 Å². The molecule has 0 aliphatic heterocycles. The average Bonchev–Trinajstić information content (AvgIpc) is 2.22. The van der Waals surface area contributed by atoms with Gasteiger partial charge in [-0.15, -0.1) is 0 Å². The van der Waals surface area contributed by atoms with Gasteiger partial charge in [0.05, 0.1) is 0 Å². The second kappa shape index (κ2) is 14.7. The second-order valence-electron chi connectivity index (χ2n) is 1.45. The van der Waals surface area contributed by atoms with Crippen LogP contribution < -0.4 is 0 Å². The molecule has 0 aromatic rings.